The molecule has 1 amide bonds. The van der Waals surface area contributed by atoms with Gasteiger partial charge in [-0.2, -0.15) is 0 Å². The molecule has 0 aromatic carbocycles. The van der Waals surface area contributed by atoms with Gasteiger partial charge in [0.25, 0.3) is 5.91 Å². The number of hydrogen-bond donors (Lipinski definition) is 2. The third-order valence-electron chi connectivity index (χ3n) is 5.23. The van der Waals surface area contributed by atoms with Crippen molar-refractivity contribution in [1.82, 2.24) is 15.2 Å². The molecule has 0 bridgehead atoms. The highest BCUT2D eigenvalue weighted by atomic mass is 16.5. The predicted octanol–water partition coefficient (Wildman–Crippen LogP) is 2.80. The molecule has 0 aliphatic heterocycles. The average molecular weight is 349 g/mol. The van der Waals surface area contributed by atoms with Crippen LogP contribution in [0, 0.1) is 13.8 Å². The Labute approximate surface area is 150 Å². The standard InChI is InChI=1S/C19H31N3O3/c1-13-16(19(24)25-4)14(2)21-17(13)18(23)20-11-8-12-22(3)15-9-6-5-7-10-15/h15,21H,5-12H2,1-4H3,(H,20,23). The number of hydrogen-bond acceptors (Lipinski definition) is 4. The number of nitrogens with one attached hydrogen (secondary N) is 2. The quantitative estimate of drug-likeness (QED) is 0.586. The summed E-state index contributed by atoms with van der Waals surface area (Å²) < 4.78 is 4.78. The fraction of sp³-hybridized carbons (Fsp3) is 0.684. The molecule has 6 heteroatoms. The van der Waals surface area contributed by atoms with Crippen LogP contribution in [-0.2, 0) is 4.74 Å². The summed E-state index contributed by atoms with van der Waals surface area (Å²) in [4.78, 5) is 29.6. The summed E-state index contributed by atoms with van der Waals surface area (Å²) in [6, 6.07) is 0.695. The minimum Gasteiger partial charge on any atom is -0.465 e. The van der Waals surface area contributed by atoms with E-state index >= 15 is 0 Å². The molecule has 0 saturated heterocycles. The number of esters is 1. The highest BCUT2D eigenvalue weighted by Crippen LogP contribution is 2.21. The summed E-state index contributed by atoms with van der Waals surface area (Å²) in [5.41, 5.74) is 2.19. The fourth-order valence-electron chi connectivity index (χ4n) is 3.71. The van der Waals surface area contributed by atoms with Gasteiger partial charge in [-0.15, -0.1) is 0 Å². The molecular formula is C19H31N3O3. The van der Waals surface area contributed by atoms with Crippen LogP contribution in [0.15, 0.2) is 0 Å². The molecule has 25 heavy (non-hydrogen) atoms. The van der Waals surface area contributed by atoms with E-state index in [0.717, 1.165) is 13.0 Å². The second-order valence-electron chi connectivity index (χ2n) is 7.00. The van der Waals surface area contributed by atoms with E-state index in [1.807, 2.05) is 0 Å². The summed E-state index contributed by atoms with van der Waals surface area (Å²) in [5, 5.41) is 2.95. The van der Waals surface area contributed by atoms with Crippen molar-refractivity contribution < 1.29 is 14.3 Å². The Balaban J connectivity index is 1.81. The normalized spacial score (nSPS) is 15.4. The first kappa shape index (κ1) is 19.5. The monoisotopic (exact) mass is 349 g/mol. The lowest BCUT2D eigenvalue weighted by atomic mass is 9.94. The Morgan fingerprint density at radius 2 is 1.92 bits per heavy atom. The molecule has 0 radical (unpaired) electrons. The van der Waals surface area contributed by atoms with Crippen molar-refractivity contribution >= 4 is 11.9 Å². The van der Waals surface area contributed by atoms with Crippen molar-refractivity contribution in [2.75, 3.05) is 27.2 Å². The summed E-state index contributed by atoms with van der Waals surface area (Å²) in [6.45, 7) is 5.15. The van der Waals surface area contributed by atoms with E-state index in [1.165, 1.54) is 39.2 Å². The third-order valence-corrected chi connectivity index (χ3v) is 5.23. The van der Waals surface area contributed by atoms with Crippen LogP contribution in [0.5, 0.6) is 0 Å². The number of aryl methyl sites for hydroxylation is 1. The molecule has 2 rings (SSSR count). The Kier molecular flexibility index (Phi) is 7.05. The zero-order chi connectivity index (χ0) is 18.4. The number of rotatable bonds is 7. The molecule has 2 N–H and O–H groups in total. The van der Waals surface area contributed by atoms with Gasteiger partial charge in [0.15, 0.2) is 0 Å². The van der Waals surface area contributed by atoms with E-state index in [1.54, 1.807) is 13.8 Å². The van der Waals surface area contributed by atoms with Crippen LogP contribution in [0.2, 0.25) is 0 Å². The molecule has 140 valence electrons. The van der Waals surface area contributed by atoms with Gasteiger partial charge >= 0.3 is 5.97 Å². The Morgan fingerprint density at radius 1 is 1.24 bits per heavy atom. The molecule has 1 aromatic heterocycles. The summed E-state index contributed by atoms with van der Waals surface area (Å²) in [5.74, 6) is -0.588. The smallest absolute Gasteiger partial charge is 0.339 e. The molecule has 0 atom stereocenters. The van der Waals surface area contributed by atoms with E-state index < -0.39 is 5.97 Å². The van der Waals surface area contributed by atoms with E-state index in [-0.39, 0.29) is 5.91 Å². The number of aromatic nitrogens is 1. The van der Waals surface area contributed by atoms with Gasteiger partial charge in [-0.1, -0.05) is 19.3 Å². The van der Waals surface area contributed by atoms with Gasteiger partial charge in [0.2, 0.25) is 0 Å². The number of ether oxygens (including phenoxy) is 1. The Morgan fingerprint density at radius 3 is 2.56 bits per heavy atom. The summed E-state index contributed by atoms with van der Waals surface area (Å²) in [6.07, 6.45) is 7.53. The van der Waals surface area contributed by atoms with Crippen molar-refractivity contribution in [3.8, 4) is 0 Å². The zero-order valence-corrected chi connectivity index (χ0v) is 15.9. The highest BCUT2D eigenvalue weighted by Gasteiger charge is 2.22. The number of amides is 1. The first-order chi connectivity index (χ1) is 12.0. The van der Waals surface area contributed by atoms with Crippen LogP contribution < -0.4 is 5.32 Å². The number of aromatic amines is 1. The lowest BCUT2D eigenvalue weighted by molar-refractivity contribution is 0.0599. The van der Waals surface area contributed by atoms with Crippen LogP contribution in [-0.4, -0.2) is 55.0 Å². The van der Waals surface area contributed by atoms with Crippen molar-refractivity contribution in [1.29, 1.82) is 0 Å². The predicted molar refractivity (Wildman–Crippen MR) is 98.1 cm³/mol. The average Bonchev–Trinajstić information content (AvgIpc) is 2.93. The largest absolute Gasteiger partial charge is 0.465 e. The molecule has 1 saturated carbocycles. The van der Waals surface area contributed by atoms with Crippen molar-refractivity contribution in [3.63, 3.8) is 0 Å². The van der Waals surface area contributed by atoms with E-state index in [4.69, 9.17) is 4.74 Å². The number of nitrogens with zero attached hydrogens (tertiary/aromatic N) is 1. The molecule has 1 fully saturated rings. The van der Waals surface area contributed by atoms with Crippen LogP contribution in [0.3, 0.4) is 0 Å². The van der Waals surface area contributed by atoms with Gasteiger partial charge in [0.1, 0.15) is 5.69 Å². The second-order valence-corrected chi connectivity index (χ2v) is 7.00. The highest BCUT2D eigenvalue weighted by molar-refractivity contribution is 6.00. The van der Waals surface area contributed by atoms with Gasteiger partial charge in [-0.3, -0.25) is 4.79 Å². The van der Waals surface area contributed by atoms with Gasteiger partial charge in [-0.25, -0.2) is 4.79 Å². The molecule has 0 unspecified atom stereocenters. The minimum atomic E-state index is -0.417. The lowest BCUT2D eigenvalue weighted by Crippen LogP contribution is -2.36. The Bertz CT molecular complexity index is 603. The lowest BCUT2D eigenvalue weighted by Gasteiger charge is -2.31. The molecule has 1 aromatic rings. The van der Waals surface area contributed by atoms with E-state index in [0.29, 0.717) is 35.1 Å². The molecule has 1 heterocycles. The van der Waals surface area contributed by atoms with Crippen LogP contribution in [0.25, 0.3) is 0 Å². The first-order valence-electron chi connectivity index (χ1n) is 9.21. The summed E-state index contributed by atoms with van der Waals surface area (Å²) >= 11 is 0. The maximum absolute atomic E-state index is 12.4. The molecular weight excluding hydrogens is 318 g/mol. The van der Waals surface area contributed by atoms with Crippen LogP contribution in [0.1, 0.15) is 70.6 Å². The Hall–Kier alpha value is -1.82. The van der Waals surface area contributed by atoms with Gasteiger partial charge in [0.05, 0.1) is 12.7 Å². The third kappa shape index (κ3) is 4.84. The molecule has 0 spiro atoms. The SMILES string of the molecule is COC(=O)c1c(C)[nH]c(C(=O)NCCCN(C)C2CCCCC2)c1C. The van der Waals surface area contributed by atoms with Crippen molar-refractivity contribution in [3.05, 3.63) is 22.5 Å². The van der Waals surface area contributed by atoms with E-state index in [2.05, 4.69) is 22.2 Å². The molecule has 6 nitrogen and oxygen atoms in total. The number of methoxy groups -OCH3 is 1. The van der Waals surface area contributed by atoms with Crippen molar-refractivity contribution in [2.24, 2.45) is 0 Å². The summed E-state index contributed by atoms with van der Waals surface area (Å²) in [7, 11) is 3.52. The van der Waals surface area contributed by atoms with E-state index in [9.17, 15) is 9.59 Å². The van der Waals surface area contributed by atoms with Crippen molar-refractivity contribution in [2.45, 2.75) is 58.4 Å². The minimum absolute atomic E-state index is 0.170. The van der Waals surface area contributed by atoms with Gasteiger partial charge in [0, 0.05) is 18.3 Å². The topological polar surface area (TPSA) is 74.4 Å². The zero-order valence-electron chi connectivity index (χ0n) is 15.9. The van der Waals surface area contributed by atoms with Crippen LogP contribution in [0.4, 0.5) is 0 Å². The van der Waals surface area contributed by atoms with Gasteiger partial charge < -0.3 is 19.9 Å². The maximum Gasteiger partial charge on any atom is 0.339 e. The van der Waals surface area contributed by atoms with Gasteiger partial charge in [-0.05, 0) is 52.3 Å². The van der Waals surface area contributed by atoms with Crippen LogP contribution >= 0.6 is 0 Å². The number of carbonyl (C=O) groups is 2. The maximum atomic E-state index is 12.4. The number of carbonyl (C=O) groups excluding carboxylic acids is 2. The molecule has 1 aliphatic rings. The molecule has 1 aliphatic carbocycles. The second kappa shape index (κ2) is 9.04. The number of H-pyrrole nitrogens is 1. The fourth-order valence-corrected chi connectivity index (χ4v) is 3.71. The first-order valence-corrected chi connectivity index (χ1v) is 9.21.